The molecule has 9 heteroatoms. The first-order valence-corrected chi connectivity index (χ1v) is 12.0. The normalized spacial score (nSPS) is 15.7. The maximum atomic E-state index is 11.0. The van der Waals surface area contributed by atoms with Gasteiger partial charge in [0.2, 0.25) is 12.1 Å². The van der Waals surface area contributed by atoms with Gasteiger partial charge in [0.15, 0.2) is 11.5 Å². The van der Waals surface area contributed by atoms with E-state index in [4.69, 9.17) is 30.9 Å². The highest BCUT2D eigenvalue weighted by Gasteiger charge is 2.25. The summed E-state index contributed by atoms with van der Waals surface area (Å²) < 4.78 is 16.8. The van der Waals surface area contributed by atoms with E-state index in [9.17, 15) is 4.79 Å². The number of rotatable bonds is 10. The average Bonchev–Trinajstić information content (AvgIpc) is 3.47. The Morgan fingerprint density at radius 1 is 1.20 bits per heavy atom. The zero-order valence-electron chi connectivity index (χ0n) is 19.1. The van der Waals surface area contributed by atoms with Crippen molar-refractivity contribution in [2.45, 2.75) is 38.1 Å². The second-order valence-corrected chi connectivity index (χ2v) is 8.98. The maximum absolute atomic E-state index is 11.0. The molecule has 5 rings (SSSR count). The number of halogens is 1. The monoisotopic (exact) mass is 495 g/mol. The number of ether oxygens (including phenoxy) is 3. The molecule has 2 N–H and O–H groups in total. The van der Waals surface area contributed by atoms with Crippen molar-refractivity contribution in [3.8, 4) is 28.4 Å². The van der Waals surface area contributed by atoms with Crippen LogP contribution in [0.4, 0.5) is 0 Å². The van der Waals surface area contributed by atoms with Crippen LogP contribution in [-0.2, 0) is 17.8 Å². The number of nitrogens with one attached hydrogen (secondary N) is 1. The van der Waals surface area contributed by atoms with Crippen molar-refractivity contribution >= 4 is 17.6 Å². The van der Waals surface area contributed by atoms with Crippen LogP contribution in [-0.4, -0.2) is 41.0 Å². The summed E-state index contributed by atoms with van der Waals surface area (Å²) in [6.45, 7) is 2.08. The van der Waals surface area contributed by atoms with E-state index in [1.165, 1.54) is 5.56 Å². The fraction of sp³-hybridized carbons (Fsp3) is 0.346. The molecule has 2 heterocycles. The van der Waals surface area contributed by atoms with E-state index in [0.717, 1.165) is 59.7 Å². The Morgan fingerprint density at radius 2 is 2.09 bits per heavy atom. The Labute approximate surface area is 208 Å². The lowest BCUT2D eigenvalue weighted by atomic mass is 9.98. The number of hydrogen-bond donors (Lipinski definition) is 2. The van der Waals surface area contributed by atoms with Gasteiger partial charge >= 0.3 is 5.97 Å². The number of nitrogens with zero attached hydrogens (tertiary/aromatic N) is 2. The summed E-state index contributed by atoms with van der Waals surface area (Å²) >= 11 is 6.06. The van der Waals surface area contributed by atoms with E-state index in [1.54, 1.807) is 6.20 Å². The van der Waals surface area contributed by atoms with E-state index in [-0.39, 0.29) is 24.4 Å². The number of aromatic nitrogens is 2. The van der Waals surface area contributed by atoms with Gasteiger partial charge in [-0.15, -0.1) is 0 Å². The second-order valence-electron chi connectivity index (χ2n) is 8.64. The third-order valence-electron chi connectivity index (χ3n) is 6.32. The molecule has 1 aliphatic carbocycles. The van der Waals surface area contributed by atoms with Gasteiger partial charge in [0.05, 0.1) is 18.7 Å². The van der Waals surface area contributed by atoms with E-state index in [2.05, 4.69) is 15.3 Å². The highest BCUT2D eigenvalue weighted by atomic mass is 35.5. The van der Waals surface area contributed by atoms with Crippen molar-refractivity contribution in [1.82, 2.24) is 15.3 Å². The van der Waals surface area contributed by atoms with Crippen LogP contribution in [0.25, 0.3) is 11.1 Å². The molecule has 2 aliphatic rings. The van der Waals surface area contributed by atoms with Gasteiger partial charge < -0.3 is 24.6 Å². The van der Waals surface area contributed by atoms with Gasteiger partial charge in [-0.25, -0.2) is 9.97 Å². The van der Waals surface area contributed by atoms with E-state index < -0.39 is 5.97 Å². The molecule has 8 nitrogen and oxygen atoms in total. The lowest BCUT2D eigenvalue weighted by Crippen LogP contribution is -2.18. The quantitative estimate of drug-likeness (QED) is 0.311. The largest absolute Gasteiger partial charge is 0.494 e. The number of hydrogen-bond acceptors (Lipinski definition) is 7. The van der Waals surface area contributed by atoms with Crippen LogP contribution in [0.1, 0.15) is 42.0 Å². The number of carboxylic acids is 1. The summed E-state index contributed by atoms with van der Waals surface area (Å²) in [5.74, 6) is 1.62. The van der Waals surface area contributed by atoms with Gasteiger partial charge in [0.25, 0.3) is 0 Å². The predicted octanol–water partition coefficient (Wildman–Crippen LogP) is 4.59. The van der Waals surface area contributed by atoms with Crippen LogP contribution >= 0.6 is 11.6 Å². The van der Waals surface area contributed by atoms with Crippen LogP contribution in [0.3, 0.4) is 0 Å². The highest BCUT2D eigenvalue weighted by molar-refractivity contribution is 6.28. The molecule has 0 spiro atoms. The predicted molar refractivity (Wildman–Crippen MR) is 130 cm³/mol. The number of aryl methyl sites for hydroxylation is 1. The van der Waals surface area contributed by atoms with Crippen molar-refractivity contribution in [2.24, 2.45) is 0 Å². The van der Waals surface area contributed by atoms with E-state index >= 15 is 0 Å². The number of fused-ring (bicyclic) bond motifs is 2. The Kier molecular flexibility index (Phi) is 7.01. The van der Waals surface area contributed by atoms with Gasteiger partial charge in [0.1, 0.15) is 5.75 Å². The van der Waals surface area contributed by atoms with Gasteiger partial charge in [-0.1, -0.05) is 12.1 Å². The third-order valence-corrected chi connectivity index (χ3v) is 6.50. The summed E-state index contributed by atoms with van der Waals surface area (Å²) in [6, 6.07) is 11.8. The summed E-state index contributed by atoms with van der Waals surface area (Å²) in [5, 5.41) is 12.7. The lowest BCUT2D eigenvalue weighted by Gasteiger charge is -2.12. The first-order valence-electron chi connectivity index (χ1n) is 11.7. The first kappa shape index (κ1) is 23.4. The van der Waals surface area contributed by atoms with E-state index in [0.29, 0.717) is 18.9 Å². The zero-order chi connectivity index (χ0) is 24.2. The lowest BCUT2D eigenvalue weighted by molar-refractivity contribution is -0.137. The van der Waals surface area contributed by atoms with Crippen molar-refractivity contribution in [3.63, 3.8) is 0 Å². The molecule has 1 atom stereocenters. The van der Waals surface area contributed by atoms with Crippen LogP contribution in [0.2, 0.25) is 5.28 Å². The molecule has 3 aromatic rings. The second kappa shape index (κ2) is 10.5. The van der Waals surface area contributed by atoms with Crippen molar-refractivity contribution in [2.75, 3.05) is 19.9 Å². The standard InChI is InChI=1S/C26H26ClN3O5/c27-26-29-13-21(17-4-7-23-24(11-17)35-15-34-23)22(30-26)14-28-8-1-9-33-19-5-6-20-16(10-19)2-3-18(20)12-25(31)32/h4-7,10-11,13,18,28H,1-3,8-9,12,14-15H2,(H,31,32)/t18-/m0/s1. The molecule has 0 unspecified atom stereocenters. The topological polar surface area (TPSA) is 103 Å². The highest BCUT2D eigenvalue weighted by Crippen LogP contribution is 2.38. The van der Waals surface area contributed by atoms with Crippen molar-refractivity contribution < 1.29 is 24.1 Å². The molecule has 0 fully saturated rings. The molecule has 0 bridgehead atoms. The fourth-order valence-electron chi connectivity index (χ4n) is 4.62. The van der Waals surface area contributed by atoms with Crippen molar-refractivity contribution in [1.29, 1.82) is 0 Å². The number of carbonyl (C=O) groups is 1. The Morgan fingerprint density at radius 3 is 2.97 bits per heavy atom. The molecular formula is C26H26ClN3O5. The molecule has 1 aliphatic heterocycles. The number of benzene rings is 2. The van der Waals surface area contributed by atoms with Gasteiger partial charge in [-0.2, -0.15) is 0 Å². The minimum atomic E-state index is -0.747. The Balaban J connectivity index is 1.12. The van der Waals surface area contributed by atoms with E-state index in [1.807, 2.05) is 36.4 Å². The third kappa shape index (κ3) is 5.49. The summed E-state index contributed by atoms with van der Waals surface area (Å²) in [6.07, 6.45) is 4.51. The van der Waals surface area contributed by atoms with Gasteiger partial charge in [0, 0.05) is 18.3 Å². The smallest absolute Gasteiger partial charge is 0.303 e. The van der Waals surface area contributed by atoms with Crippen LogP contribution < -0.4 is 19.5 Å². The summed E-state index contributed by atoms with van der Waals surface area (Å²) in [7, 11) is 0. The SMILES string of the molecule is O=C(O)C[C@@H]1CCc2cc(OCCCNCc3nc(Cl)ncc3-c3ccc4c(c3)OCO4)ccc21. The van der Waals surface area contributed by atoms with Gasteiger partial charge in [-0.3, -0.25) is 4.79 Å². The van der Waals surface area contributed by atoms with Crippen molar-refractivity contribution in [3.05, 3.63) is 64.7 Å². The molecule has 182 valence electrons. The molecule has 0 amide bonds. The molecule has 2 aromatic carbocycles. The fourth-order valence-corrected chi connectivity index (χ4v) is 4.77. The molecule has 0 radical (unpaired) electrons. The van der Waals surface area contributed by atoms with Crippen LogP contribution in [0.15, 0.2) is 42.6 Å². The average molecular weight is 496 g/mol. The maximum Gasteiger partial charge on any atom is 0.303 e. The Bertz CT molecular complexity index is 1240. The van der Waals surface area contributed by atoms with Crippen LogP contribution in [0.5, 0.6) is 17.2 Å². The number of carboxylic acid groups (broad SMARTS) is 1. The molecular weight excluding hydrogens is 470 g/mol. The number of aliphatic carboxylic acids is 1. The minimum Gasteiger partial charge on any atom is -0.494 e. The zero-order valence-corrected chi connectivity index (χ0v) is 19.9. The molecule has 0 saturated heterocycles. The van der Waals surface area contributed by atoms with Crippen LogP contribution in [0, 0.1) is 0 Å². The Hall–Kier alpha value is -3.36. The minimum absolute atomic E-state index is 0.110. The molecule has 35 heavy (non-hydrogen) atoms. The molecule has 1 aromatic heterocycles. The summed E-state index contributed by atoms with van der Waals surface area (Å²) in [4.78, 5) is 19.6. The first-order chi connectivity index (χ1) is 17.1. The molecule has 0 saturated carbocycles. The summed E-state index contributed by atoms with van der Waals surface area (Å²) in [5.41, 5.74) is 4.97. The van der Waals surface area contributed by atoms with Gasteiger partial charge in [-0.05, 0) is 84.3 Å².